The average molecular weight is 588 g/mol. The summed E-state index contributed by atoms with van der Waals surface area (Å²) in [6, 6.07) is 19.7. The SMILES string of the molecule is CC(C)(C)[Si](C)(C)O[C@]12C(=O)C=CC[C@H]1[C@H](CCCOCc1ccccc1)c1onc(OCc3ccccc3)c1C2=O. The number of ether oxygens (including phenoxy) is 2. The molecule has 0 amide bonds. The lowest BCUT2D eigenvalue weighted by molar-refractivity contribution is -0.133. The summed E-state index contributed by atoms with van der Waals surface area (Å²) >= 11 is 0. The Hall–Kier alpha value is -3.33. The van der Waals surface area contributed by atoms with E-state index in [9.17, 15) is 9.59 Å². The Balaban J connectivity index is 1.47. The van der Waals surface area contributed by atoms with E-state index in [1.54, 1.807) is 0 Å². The molecule has 0 saturated heterocycles. The van der Waals surface area contributed by atoms with E-state index in [0.717, 1.165) is 17.5 Å². The molecule has 1 aromatic heterocycles. The Morgan fingerprint density at radius 1 is 0.976 bits per heavy atom. The molecular formula is C34H41NO6Si. The van der Waals surface area contributed by atoms with Gasteiger partial charge in [0.15, 0.2) is 25.5 Å². The summed E-state index contributed by atoms with van der Waals surface area (Å²) in [7, 11) is -2.59. The highest BCUT2D eigenvalue weighted by atomic mass is 28.4. The van der Waals surface area contributed by atoms with Crippen molar-refractivity contribution in [2.45, 2.75) is 82.9 Å². The fourth-order valence-electron chi connectivity index (χ4n) is 5.69. The highest BCUT2D eigenvalue weighted by molar-refractivity contribution is 6.74. The third-order valence-corrected chi connectivity index (χ3v) is 13.4. The predicted molar refractivity (Wildman–Crippen MR) is 163 cm³/mol. The van der Waals surface area contributed by atoms with Crippen molar-refractivity contribution < 1.29 is 28.0 Å². The smallest absolute Gasteiger partial charge is 0.265 e. The van der Waals surface area contributed by atoms with E-state index in [2.05, 4.69) is 39.0 Å². The van der Waals surface area contributed by atoms with E-state index in [0.29, 0.717) is 31.8 Å². The lowest BCUT2D eigenvalue weighted by Gasteiger charge is -2.51. The molecule has 0 aliphatic heterocycles. The molecule has 2 aliphatic carbocycles. The first-order valence-corrected chi connectivity index (χ1v) is 17.7. The first-order chi connectivity index (χ1) is 20.0. The molecule has 5 rings (SSSR count). The summed E-state index contributed by atoms with van der Waals surface area (Å²) in [5.41, 5.74) is 0.644. The summed E-state index contributed by atoms with van der Waals surface area (Å²) in [4.78, 5) is 28.5. The van der Waals surface area contributed by atoms with Crippen LogP contribution in [0.15, 0.2) is 77.3 Å². The summed E-state index contributed by atoms with van der Waals surface area (Å²) in [6.45, 7) is 11.8. The first kappa shape index (κ1) is 30.1. The third-order valence-electron chi connectivity index (χ3n) is 8.98. The van der Waals surface area contributed by atoms with Crippen LogP contribution in [0, 0.1) is 5.92 Å². The molecule has 3 aromatic rings. The van der Waals surface area contributed by atoms with Crippen molar-refractivity contribution in [3.8, 4) is 5.88 Å². The molecule has 0 N–H and O–H groups in total. The molecule has 2 aliphatic rings. The largest absolute Gasteiger partial charge is 0.470 e. The Labute approximate surface area is 249 Å². The quantitative estimate of drug-likeness (QED) is 0.131. The standard InChI is InChI=1S/C34H41NO6Si/c1-33(2,3)42(4,5)41-34-27(19-12-20-28(34)36)26(18-13-21-38-22-24-14-8-6-9-15-24)30-29(31(34)37)32(35-40-30)39-23-25-16-10-7-11-17-25/h6-12,14-17,20,26-27H,13,18-19,21-23H2,1-5H3/t26-,27-,34-/m0/s1. The Morgan fingerprint density at radius 3 is 2.26 bits per heavy atom. The van der Waals surface area contributed by atoms with Gasteiger partial charge in [-0.2, -0.15) is 0 Å². The van der Waals surface area contributed by atoms with Gasteiger partial charge in [0.2, 0.25) is 5.78 Å². The van der Waals surface area contributed by atoms with Gasteiger partial charge in [-0.3, -0.25) is 9.59 Å². The van der Waals surface area contributed by atoms with E-state index < -0.39 is 25.6 Å². The van der Waals surface area contributed by atoms with Crippen LogP contribution >= 0.6 is 0 Å². The van der Waals surface area contributed by atoms with Gasteiger partial charge in [-0.05, 0) is 59.8 Å². The van der Waals surface area contributed by atoms with Crippen LogP contribution in [0.4, 0.5) is 0 Å². The number of rotatable bonds is 11. The van der Waals surface area contributed by atoms with Gasteiger partial charge >= 0.3 is 0 Å². The molecule has 8 heteroatoms. The fourth-order valence-corrected chi connectivity index (χ4v) is 7.15. The molecule has 0 unspecified atom stereocenters. The highest BCUT2D eigenvalue weighted by Gasteiger charge is 2.64. The van der Waals surface area contributed by atoms with Crippen LogP contribution in [-0.2, 0) is 27.2 Å². The van der Waals surface area contributed by atoms with E-state index in [1.807, 2.05) is 66.7 Å². The molecule has 0 spiro atoms. The second-order valence-corrected chi connectivity index (χ2v) is 17.5. The van der Waals surface area contributed by atoms with E-state index >= 15 is 0 Å². The van der Waals surface area contributed by atoms with E-state index in [-0.39, 0.29) is 34.8 Å². The molecule has 222 valence electrons. The number of Topliss-reactive ketones (excluding diaryl/α,β-unsaturated/α-hetero) is 1. The van der Waals surface area contributed by atoms with Crippen LogP contribution in [0.1, 0.15) is 73.2 Å². The average Bonchev–Trinajstić information content (AvgIpc) is 3.39. The number of carbonyl (C=O) groups is 2. The number of aromatic nitrogens is 1. The molecule has 2 aromatic carbocycles. The lowest BCUT2D eigenvalue weighted by Crippen LogP contribution is -2.64. The predicted octanol–water partition coefficient (Wildman–Crippen LogP) is 7.44. The van der Waals surface area contributed by atoms with Gasteiger partial charge in [-0.1, -0.05) is 87.5 Å². The number of nitrogens with zero attached hydrogens (tertiary/aromatic N) is 1. The Bertz CT molecular complexity index is 1430. The van der Waals surface area contributed by atoms with Gasteiger partial charge in [0.1, 0.15) is 12.2 Å². The molecular weight excluding hydrogens is 546 g/mol. The monoisotopic (exact) mass is 587 g/mol. The first-order valence-electron chi connectivity index (χ1n) is 14.8. The summed E-state index contributed by atoms with van der Waals surface area (Å²) in [6.07, 6.45) is 5.28. The number of allylic oxidation sites excluding steroid dienone is 1. The van der Waals surface area contributed by atoms with Crippen molar-refractivity contribution in [3.63, 3.8) is 0 Å². The van der Waals surface area contributed by atoms with Gasteiger partial charge in [0.05, 0.1) is 6.61 Å². The maximum absolute atomic E-state index is 14.6. The molecule has 0 radical (unpaired) electrons. The molecule has 1 heterocycles. The minimum Gasteiger partial charge on any atom is -0.470 e. The summed E-state index contributed by atoms with van der Waals surface area (Å²) in [5, 5.41) is 4.02. The van der Waals surface area contributed by atoms with Crippen molar-refractivity contribution in [2.75, 3.05) is 6.61 Å². The fraction of sp³-hybridized carbons (Fsp3) is 0.441. The Kier molecular flexibility index (Phi) is 8.69. The van der Waals surface area contributed by atoms with Gasteiger partial charge < -0.3 is 18.4 Å². The van der Waals surface area contributed by atoms with E-state index in [4.69, 9.17) is 18.4 Å². The van der Waals surface area contributed by atoms with Crippen LogP contribution < -0.4 is 4.74 Å². The second kappa shape index (κ2) is 12.1. The van der Waals surface area contributed by atoms with Crippen molar-refractivity contribution in [1.82, 2.24) is 5.16 Å². The number of ketones is 2. The van der Waals surface area contributed by atoms with Gasteiger partial charge in [-0.25, -0.2) is 0 Å². The summed E-state index contributed by atoms with van der Waals surface area (Å²) < 4.78 is 24.9. The normalized spacial score (nSPS) is 22.1. The van der Waals surface area contributed by atoms with Crippen LogP contribution in [-0.4, -0.2) is 37.2 Å². The molecule has 42 heavy (non-hydrogen) atoms. The third kappa shape index (κ3) is 5.80. The van der Waals surface area contributed by atoms with Crippen molar-refractivity contribution in [1.29, 1.82) is 0 Å². The zero-order valence-corrected chi connectivity index (χ0v) is 26.2. The minimum absolute atomic E-state index is 0.114. The molecule has 7 nitrogen and oxygen atoms in total. The molecule has 3 atom stereocenters. The van der Waals surface area contributed by atoms with Gasteiger partial charge in [0.25, 0.3) is 5.88 Å². The van der Waals surface area contributed by atoms with Crippen LogP contribution in [0.2, 0.25) is 18.1 Å². The van der Waals surface area contributed by atoms with E-state index in [1.165, 1.54) is 6.08 Å². The molecule has 0 fully saturated rings. The highest BCUT2D eigenvalue weighted by Crippen LogP contribution is 2.54. The number of fused-ring (bicyclic) bond motifs is 2. The van der Waals surface area contributed by atoms with Gasteiger partial charge in [0, 0.05) is 18.4 Å². The maximum atomic E-state index is 14.6. The number of hydrogen-bond donors (Lipinski definition) is 0. The second-order valence-electron chi connectivity index (χ2n) is 12.8. The van der Waals surface area contributed by atoms with Gasteiger partial charge in [-0.15, -0.1) is 0 Å². The van der Waals surface area contributed by atoms with Crippen LogP contribution in [0.3, 0.4) is 0 Å². The maximum Gasteiger partial charge on any atom is 0.265 e. The van der Waals surface area contributed by atoms with Crippen molar-refractivity contribution in [2.24, 2.45) is 5.92 Å². The van der Waals surface area contributed by atoms with Crippen molar-refractivity contribution in [3.05, 3.63) is 95.3 Å². The minimum atomic E-state index is -2.59. The number of hydrogen-bond acceptors (Lipinski definition) is 7. The zero-order chi connectivity index (χ0) is 30.0. The molecule has 0 saturated carbocycles. The molecule has 0 bridgehead atoms. The van der Waals surface area contributed by atoms with Crippen LogP contribution in [0.25, 0.3) is 0 Å². The number of benzene rings is 2. The Morgan fingerprint density at radius 2 is 1.62 bits per heavy atom. The number of carbonyl (C=O) groups excluding carboxylic acids is 2. The lowest BCUT2D eigenvalue weighted by atomic mass is 9.62. The topological polar surface area (TPSA) is 87.9 Å². The van der Waals surface area contributed by atoms with Crippen LogP contribution in [0.5, 0.6) is 5.88 Å². The summed E-state index contributed by atoms with van der Waals surface area (Å²) in [5.74, 6) is -0.786. The van der Waals surface area contributed by atoms with Crippen molar-refractivity contribution >= 4 is 19.9 Å². The zero-order valence-electron chi connectivity index (χ0n) is 25.2.